The first kappa shape index (κ1) is 70.3. The lowest BCUT2D eigenvalue weighted by Gasteiger charge is -2.20. The van der Waals surface area contributed by atoms with Gasteiger partial charge in [-0.25, -0.2) is 0 Å². The molecule has 2 atom stereocenters. The van der Waals surface area contributed by atoms with Crippen molar-refractivity contribution in [1.82, 2.24) is 5.32 Å². The molecule has 0 fully saturated rings. The minimum Gasteiger partial charge on any atom is -0.466 e. The van der Waals surface area contributed by atoms with Crippen molar-refractivity contribution >= 4 is 11.9 Å². The van der Waals surface area contributed by atoms with Crippen molar-refractivity contribution in [2.45, 2.75) is 373 Å². The van der Waals surface area contributed by atoms with Crippen molar-refractivity contribution in [3.63, 3.8) is 0 Å². The predicted octanol–water partition coefficient (Wildman–Crippen LogP) is 20.6. The molecule has 0 bridgehead atoms. The molecule has 0 radical (unpaired) electrons. The molecule has 1 amide bonds. The van der Waals surface area contributed by atoms with E-state index >= 15 is 0 Å². The second kappa shape index (κ2) is 61.9. The van der Waals surface area contributed by atoms with Crippen LogP contribution in [0.4, 0.5) is 0 Å². The van der Waals surface area contributed by atoms with Gasteiger partial charge in [-0.2, -0.15) is 0 Å². The Morgan fingerprint density at radius 1 is 0.375 bits per heavy atom. The maximum absolute atomic E-state index is 12.5. The van der Waals surface area contributed by atoms with E-state index in [-0.39, 0.29) is 18.5 Å². The summed E-state index contributed by atoms with van der Waals surface area (Å²) >= 11 is 0. The second-order valence-electron chi connectivity index (χ2n) is 22.5. The van der Waals surface area contributed by atoms with Gasteiger partial charge in [-0.1, -0.05) is 321 Å². The Hall–Kier alpha value is -1.66. The fourth-order valence-electron chi connectivity index (χ4n) is 10.2. The molecule has 72 heavy (non-hydrogen) atoms. The normalized spacial score (nSPS) is 12.7. The number of rotatable bonds is 61. The molecule has 0 aliphatic rings. The molecule has 0 heterocycles. The third-order valence-corrected chi connectivity index (χ3v) is 15.2. The van der Waals surface area contributed by atoms with Crippen LogP contribution in [0.1, 0.15) is 361 Å². The number of esters is 1. The van der Waals surface area contributed by atoms with Crippen LogP contribution in [-0.4, -0.2) is 47.4 Å². The minimum atomic E-state index is -0.846. The van der Waals surface area contributed by atoms with Crippen LogP contribution >= 0.6 is 0 Å². The highest BCUT2D eigenvalue weighted by atomic mass is 16.5. The van der Waals surface area contributed by atoms with E-state index in [2.05, 4.69) is 31.3 Å². The Kier molecular flexibility index (Phi) is 60.5. The molecule has 0 rings (SSSR count). The maximum atomic E-state index is 12.5. The summed E-state index contributed by atoms with van der Waals surface area (Å²) in [7, 11) is 0. The predicted molar refractivity (Wildman–Crippen MR) is 315 cm³/mol. The lowest BCUT2D eigenvalue weighted by molar-refractivity contribution is -0.143. The average Bonchev–Trinajstić information content (AvgIpc) is 3.38. The quantitative estimate of drug-likeness (QED) is 0.0320. The van der Waals surface area contributed by atoms with Crippen molar-refractivity contribution in [3.8, 4) is 0 Å². The van der Waals surface area contributed by atoms with E-state index in [1.54, 1.807) is 6.08 Å². The highest BCUT2D eigenvalue weighted by Gasteiger charge is 2.18. The fourth-order valence-corrected chi connectivity index (χ4v) is 10.2. The van der Waals surface area contributed by atoms with Crippen LogP contribution in [0, 0.1) is 0 Å². The standard InChI is InChI=1S/C66H127NO5/c1-3-5-7-9-11-13-15-16-17-18-19-20-21-23-26-29-32-35-39-42-46-50-54-58-64(69)63(62-68)67-65(70)59-55-51-47-43-40-36-33-30-27-24-22-25-28-31-34-37-41-45-49-53-57-61-72-66(71)60-56-52-48-44-38-14-12-10-8-6-4-2/h10,12,54,58,63-64,68-69H,3-9,11,13-53,55-57,59-62H2,1-2H3,(H,67,70)/b12-10-,58-54+. The fraction of sp³-hybridized carbons (Fsp3) is 0.909. The Labute approximate surface area is 450 Å². The third-order valence-electron chi connectivity index (χ3n) is 15.2. The maximum Gasteiger partial charge on any atom is 0.305 e. The smallest absolute Gasteiger partial charge is 0.305 e. The third kappa shape index (κ3) is 57.6. The number of nitrogens with one attached hydrogen (secondary N) is 1. The number of carbonyl (C=O) groups is 2. The lowest BCUT2D eigenvalue weighted by Crippen LogP contribution is -2.45. The molecule has 426 valence electrons. The molecule has 2 unspecified atom stereocenters. The van der Waals surface area contributed by atoms with Crippen molar-refractivity contribution in [2.24, 2.45) is 0 Å². The van der Waals surface area contributed by atoms with Crippen LogP contribution in [0.5, 0.6) is 0 Å². The van der Waals surface area contributed by atoms with Crippen LogP contribution in [-0.2, 0) is 14.3 Å². The zero-order chi connectivity index (χ0) is 52.2. The van der Waals surface area contributed by atoms with Gasteiger partial charge >= 0.3 is 5.97 Å². The van der Waals surface area contributed by atoms with Gasteiger partial charge < -0.3 is 20.3 Å². The van der Waals surface area contributed by atoms with Crippen LogP contribution in [0.25, 0.3) is 0 Å². The minimum absolute atomic E-state index is 0.000838. The summed E-state index contributed by atoms with van der Waals surface area (Å²) in [6.45, 7) is 4.89. The van der Waals surface area contributed by atoms with Crippen LogP contribution in [0.3, 0.4) is 0 Å². The molecule has 0 aromatic rings. The second-order valence-corrected chi connectivity index (χ2v) is 22.5. The molecule has 3 N–H and O–H groups in total. The summed E-state index contributed by atoms with van der Waals surface area (Å²) in [4.78, 5) is 24.5. The molecular weight excluding hydrogens is 887 g/mol. The van der Waals surface area contributed by atoms with E-state index < -0.39 is 12.1 Å². The van der Waals surface area contributed by atoms with Crippen LogP contribution in [0.2, 0.25) is 0 Å². The highest BCUT2D eigenvalue weighted by molar-refractivity contribution is 5.76. The monoisotopic (exact) mass is 1010 g/mol. The van der Waals surface area contributed by atoms with Gasteiger partial charge in [0.25, 0.3) is 0 Å². The highest BCUT2D eigenvalue weighted by Crippen LogP contribution is 2.18. The summed E-state index contributed by atoms with van der Waals surface area (Å²) in [5.41, 5.74) is 0. The number of ether oxygens (including phenoxy) is 1. The number of unbranched alkanes of at least 4 members (excludes halogenated alkanes) is 48. The molecule has 6 nitrogen and oxygen atoms in total. The van der Waals surface area contributed by atoms with E-state index in [1.165, 1.54) is 289 Å². The lowest BCUT2D eigenvalue weighted by atomic mass is 10.0. The Morgan fingerprint density at radius 3 is 1.03 bits per heavy atom. The van der Waals surface area contributed by atoms with Crippen molar-refractivity contribution in [1.29, 1.82) is 0 Å². The SMILES string of the molecule is CCCC/C=C\CCCCCCCC(=O)OCCCCCCCCCCCCCCCCCCCCCCCC(=O)NC(CO)C(O)/C=C/CCCCCCCCCCCCCCCCCCCCCCC. The molecule has 6 heteroatoms. The van der Waals surface area contributed by atoms with E-state index in [0.717, 1.165) is 44.9 Å². The molecule has 0 aliphatic heterocycles. The van der Waals surface area contributed by atoms with Crippen molar-refractivity contribution in [3.05, 3.63) is 24.3 Å². The Balaban J connectivity index is 3.43. The Bertz CT molecular complexity index is 1120. The Morgan fingerprint density at radius 2 is 0.667 bits per heavy atom. The number of allylic oxidation sites excluding steroid dienone is 3. The van der Waals surface area contributed by atoms with Gasteiger partial charge in [-0.05, 0) is 51.4 Å². The number of amides is 1. The van der Waals surface area contributed by atoms with Gasteiger partial charge in [-0.15, -0.1) is 0 Å². The number of hydrogen-bond acceptors (Lipinski definition) is 5. The molecule has 0 aliphatic carbocycles. The van der Waals surface area contributed by atoms with Gasteiger partial charge in [0.05, 0.1) is 25.4 Å². The van der Waals surface area contributed by atoms with E-state index in [9.17, 15) is 19.8 Å². The molecule has 0 spiro atoms. The summed E-state index contributed by atoms with van der Waals surface area (Å²) < 4.78 is 5.46. The van der Waals surface area contributed by atoms with E-state index in [1.807, 2.05) is 6.08 Å². The summed E-state index contributed by atoms with van der Waals surface area (Å²) in [6, 6.07) is -0.630. The molecule has 0 aromatic carbocycles. The number of hydrogen-bond donors (Lipinski definition) is 3. The van der Waals surface area contributed by atoms with Crippen molar-refractivity contribution < 1.29 is 24.5 Å². The molecule has 0 aromatic heterocycles. The average molecular weight is 1010 g/mol. The number of aliphatic hydroxyl groups is 2. The van der Waals surface area contributed by atoms with Gasteiger partial charge in [0.15, 0.2) is 0 Å². The molecule has 0 saturated carbocycles. The van der Waals surface area contributed by atoms with E-state index in [4.69, 9.17) is 4.74 Å². The van der Waals surface area contributed by atoms with Gasteiger partial charge in [0.1, 0.15) is 0 Å². The van der Waals surface area contributed by atoms with Gasteiger partial charge in [0.2, 0.25) is 5.91 Å². The first-order chi connectivity index (χ1) is 35.5. The zero-order valence-corrected chi connectivity index (χ0v) is 48.7. The summed E-state index contributed by atoms with van der Waals surface area (Å²) in [6.07, 6.45) is 76.6. The van der Waals surface area contributed by atoms with Gasteiger partial charge in [0, 0.05) is 12.8 Å². The zero-order valence-electron chi connectivity index (χ0n) is 48.7. The van der Waals surface area contributed by atoms with Gasteiger partial charge in [-0.3, -0.25) is 9.59 Å². The summed E-state index contributed by atoms with van der Waals surface area (Å²) in [5, 5.41) is 23.2. The van der Waals surface area contributed by atoms with Crippen LogP contribution in [0.15, 0.2) is 24.3 Å². The van der Waals surface area contributed by atoms with Crippen LogP contribution < -0.4 is 5.32 Å². The largest absolute Gasteiger partial charge is 0.466 e. The first-order valence-electron chi connectivity index (χ1n) is 32.6. The topological polar surface area (TPSA) is 95.9 Å². The summed E-state index contributed by atoms with van der Waals surface area (Å²) in [5.74, 6) is -0.0644. The van der Waals surface area contributed by atoms with Crippen molar-refractivity contribution in [2.75, 3.05) is 13.2 Å². The van der Waals surface area contributed by atoms with E-state index in [0.29, 0.717) is 19.4 Å². The first-order valence-corrected chi connectivity index (χ1v) is 32.6. The number of aliphatic hydroxyl groups excluding tert-OH is 2. The molecule has 0 saturated heterocycles. The molecular formula is C66H127NO5. The number of carbonyl (C=O) groups excluding carboxylic acids is 2.